The maximum Gasteiger partial charge on any atom is 0.265 e. The van der Waals surface area contributed by atoms with Gasteiger partial charge >= 0.3 is 0 Å². The van der Waals surface area contributed by atoms with E-state index in [9.17, 15) is 18.0 Å². The van der Waals surface area contributed by atoms with Crippen LogP contribution in [-0.2, 0) is 26.2 Å². The molecule has 0 aromatic heterocycles. The molecule has 1 N–H and O–H groups in total. The molecule has 3 aromatic rings. The van der Waals surface area contributed by atoms with Crippen molar-refractivity contribution in [3.8, 4) is 23.0 Å². The van der Waals surface area contributed by atoms with Gasteiger partial charge in [0.1, 0.15) is 24.1 Å². The van der Waals surface area contributed by atoms with Gasteiger partial charge in [0, 0.05) is 40.3 Å². The highest BCUT2D eigenvalue weighted by Crippen LogP contribution is 2.38. The molecule has 0 heterocycles. The van der Waals surface area contributed by atoms with Crippen molar-refractivity contribution in [3.63, 3.8) is 0 Å². The van der Waals surface area contributed by atoms with E-state index in [0.29, 0.717) is 27.1 Å². The van der Waals surface area contributed by atoms with Crippen molar-refractivity contribution in [2.24, 2.45) is 0 Å². The van der Waals surface area contributed by atoms with Crippen LogP contribution in [0.25, 0.3) is 0 Å². The van der Waals surface area contributed by atoms with Crippen molar-refractivity contribution in [2.45, 2.75) is 56.1 Å². The Morgan fingerprint density at radius 2 is 1.49 bits per heavy atom. The maximum absolute atomic E-state index is 14.5. The molecule has 47 heavy (non-hydrogen) atoms. The molecule has 2 amide bonds. The molecule has 0 aliphatic heterocycles. The van der Waals surface area contributed by atoms with E-state index in [0.717, 1.165) is 30.0 Å². The quantitative estimate of drug-likeness (QED) is 0.226. The summed E-state index contributed by atoms with van der Waals surface area (Å²) in [7, 11) is 1.15. The fourth-order valence-electron chi connectivity index (χ4n) is 5.44. The lowest BCUT2D eigenvalue weighted by atomic mass is 10.1. The molecular formula is C33H39Cl2N3O8S. The van der Waals surface area contributed by atoms with Gasteiger partial charge in [-0.3, -0.25) is 13.9 Å². The van der Waals surface area contributed by atoms with E-state index in [2.05, 4.69) is 5.32 Å². The normalized spacial score (nSPS) is 13.9. The predicted molar refractivity (Wildman–Crippen MR) is 180 cm³/mol. The lowest BCUT2D eigenvalue weighted by Crippen LogP contribution is -2.52. The third-order valence-electron chi connectivity index (χ3n) is 8.14. The van der Waals surface area contributed by atoms with Crippen LogP contribution in [0, 0.1) is 0 Å². The van der Waals surface area contributed by atoms with Gasteiger partial charge in [0.15, 0.2) is 11.5 Å². The number of nitrogens with zero attached hydrogens (tertiary/aromatic N) is 2. The number of halogens is 2. The monoisotopic (exact) mass is 707 g/mol. The van der Waals surface area contributed by atoms with Gasteiger partial charge in [0.25, 0.3) is 10.0 Å². The lowest BCUT2D eigenvalue weighted by Gasteiger charge is -2.33. The maximum atomic E-state index is 14.5. The smallest absolute Gasteiger partial charge is 0.265 e. The molecule has 1 atom stereocenters. The number of anilines is 1. The van der Waals surface area contributed by atoms with Crippen LogP contribution in [-0.4, -0.2) is 72.2 Å². The molecular weight excluding hydrogens is 669 g/mol. The third-order valence-corrected chi connectivity index (χ3v) is 10.6. The number of amides is 2. The minimum Gasteiger partial charge on any atom is -0.497 e. The molecule has 254 valence electrons. The number of carbonyl (C=O) groups is 2. The second-order valence-electron chi connectivity index (χ2n) is 11.0. The second-order valence-corrected chi connectivity index (χ2v) is 13.6. The molecule has 1 fully saturated rings. The Hall–Kier alpha value is -3.87. The van der Waals surface area contributed by atoms with Crippen molar-refractivity contribution < 1.29 is 37.0 Å². The SMILES string of the molecule is COc1ccc(OC)c(N(CC(=O)N(Cc2c(Cl)cccc2Cl)C(C)C(=O)NC2CCCC2)S(=O)(=O)c2ccc(OC)c(OC)c2)c1. The molecule has 0 saturated heterocycles. The highest BCUT2D eigenvalue weighted by atomic mass is 35.5. The number of methoxy groups -OCH3 is 4. The number of benzene rings is 3. The zero-order valence-corrected chi connectivity index (χ0v) is 29.2. The number of hydrogen-bond donors (Lipinski definition) is 1. The van der Waals surface area contributed by atoms with E-state index < -0.39 is 28.5 Å². The molecule has 1 saturated carbocycles. The number of sulfonamides is 1. The number of rotatable bonds is 14. The van der Waals surface area contributed by atoms with E-state index in [4.69, 9.17) is 42.1 Å². The highest BCUT2D eigenvalue weighted by Gasteiger charge is 2.35. The molecule has 0 spiro atoms. The summed E-state index contributed by atoms with van der Waals surface area (Å²) in [6.07, 6.45) is 3.69. The zero-order valence-electron chi connectivity index (χ0n) is 26.9. The summed E-state index contributed by atoms with van der Waals surface area (Å²) in [5, 5.41) is 3.62. The van der Waals surface area contributed by atoms with Crippen LogP contribution in [0.5, 0.6) is 23.0 Å². The van der Waals surface area contributed by atoms with E-state index in [1.807, 2.05) is 0 Å². The number of hydrogen-bond acceptors (Lipinski definition) is 8. The first-order valence-corrected chi connectivity index (χ1v) is 17.1. The van der Waals surface area contributed by atoms with Crippen LogP contribution in [0.1, 0.15) is 38.2 Å². The predicted octanol–water partition coefficient (Wildman–Crippen LogP) is 5.70. The van der Waals surface area contributed by atoms with Gasteiger partial charge in [0.05, 0.1) is 39.0 Å². The van der Waals surface area contributed by atoms with E-state index >= 15 is 0 Å². The van der Waals surface area contributed by atoms with Gasteiger partial charge < -0.3 is 29.2 Å². The van der Waals surface area contributed by atoms with Crippen LogP contribution in [0.4, 0.5) is 5.69 Å². The second kappa shape index (κ2) is 15.8. The number of carbonyl (C=O) groups excluding carboxylic acids is 2. The first kappa shape index (κ1) is 36.0. The van der Waals surface area contributed by atoms with E-state index in [1.54, 1.807) is 31.2 Å². The minimum absolute atomic E-state index is 0.00576. The van der Waals surface area contributed by atoms with Gasteiger partial charge in [0.2, 0.25) is 11.8 Å². The third kappa shape index (κ3) is 8.17. The van der Waals surface area contributed by atoms with Crippen LogP contribution in [0.2, 0.25) is 10.0 Å². The van der Waals surface area contributed by atoms with Gasteiger partial charge in [-0.15, -0.1) is 0 Å². The Bertz CT molecular complexity index is 1680. The first-order valence-electron chi connectivity index (χ1n) is 14.9. The molecule has 0 bridgehead atoms. The fraction of sp³-hybridized carbons (Fsp3) is 0.394. The Morgan fingerprint density at radius 3 is 2.09 bits per heavy atom. The zero-order chi connectivity index (χ0) is 34.3. The fourth-order valence-corrected chi connectivity index (χ4v) is 7.39. The Balaban J connectivity index is 1.82. The minimum atomic E-state index is -4.49. The first-order chi connectivity index (χ1) is 22.4. The summed E-state index contributed by atoms with van der Waals surface area (Å²) in [6, 6.07) is 12.6. The van der Waals surface area contributed by atoms with E-state index in [1.165, 1.54) is 63.7 Å². The van der Waals surface area contributed by atoms with E-state index in [-0.39, 0.29) is 40.6 Å². The summed E-state index contributed by atoms with van der Waals surface area (Å²) in [5.74, 6) is -0.0894. The van der Waals surface area contributed by atoms with Crippen LogP contribution < -0.4 is 28.6 Å². The summed E-state index contributed by atoms with van der Waals surface area (Å²) in [6.45, 7) is 0.714. The van der Waals surface area contributed by atoms with Crippen LogP contribution >= 0.6 is 23.2 Å². The summed E-state index contributed by atoms with van der Waals surface area (Å²) >= 11 is 13.0. The Morgan fingerprint density at radius 1 is 0.872 bits per heavy atom. The van der Waals surface area contributed by atoms with Crippen LogP contribution in [0.15, 0.2) is 59.5 Å². The van der Waals surface area contributed by atoms with Crippen molar-refractivity contribution in [2.75, 3.05) is 39.3 Å². The van der Waals surface area contributed by atoms with Crippen molar-refractivity contribution in [1.29, 1.82) is 0 Å². The van der Waals surface area contributed by atoms with Crippen molar-refractivity contribution in [1.82, 2.24) is 10.2 Å². The summed E-state index contributed by atoms with van der Waals surface area (Å²) in [4.78, 5) is 29.1. The van der Waals surface area contributed by atoms with Gasteiger partial charge in [-0.05, 0) is 56.2 Å². The highest BCUT2D eigenvalue weighted by molar-refractivity contribution is 7.92. The Kier molecular flexibility index (Phi) is 12.1. The van der Waals surface area contributed by atoms with Crippen LogP contribution in [0.3, 0.4) is 0 Å². The molecule has 14 heteroatoms. The lowest BCUT2D eigenvalue weighted by molar-refractivity contribution is -0.139. The largest absolute Gasteiger partial charge is 0.497 e. The van der Waals surface area contributed by atoms with Crippen molar-refractivity contribution >= 4 is 50.7 Å². The Labute approximate surface area is 285 Å². The average Bonchev–Trinajstić information content (AvgIpc) is 3.59. The molecule has 1 aliphatic carbocycles. The van der Waals surface area contributed by atoms with Crippen molar-refractivity contribution in [3.05, 3.63) is 70.2 Å². The molecule has 11 nitrogen and oxygen atoms in total. The topological polar surface area (TPSA) is 124 Å². The molecule has 1 unspecified atom stereocenters. The van der Waals surface area contributed by atoms with Gasteiger partial charge in [-0.1, -0.05) is 42.1 Å². The summed E-state index contributed by atoms with van der Waals surface area (Å²) in [5.41, 5.74) is 0.451. The standard InChI is InChI=1S/C33H39Cl2N3O8S/c1-21(33(40)36-22-9-6-7-10-22)37(19-25-26(34)11-8-12-27(25)35)32(39)20-38(28-17-23(43-2)13-15-29(28)44-3)47(41,42)24-14-16-30(45-4)31(18-24)46-5/h8,11-18,21-22H,6-7,9-10,19-20H2,1-5H3,(H,36,40). The number of ether oxygens (including phenoxy) is 4. The molecule has 1 aliphatic rings. The molecule has 0 radical (unpaired) electrons. The van der Waals surface area contributed by atoms with Gasteiger partial charge in [-0.2, -0.15) is 0 Å². The molecule has 3 aromatic carbocycles. The summed E-state index contributed by atoms with van der Waals surface area (Å²) < 4.78 is 51.4. The molecule has 4 rings (SSSR count). The number of nitrogens with one attached hydrogen (secondary N) is 1. The average molecular weight is 709 g/mol. The van der Waals surface area contributed by atoms with Gasteiger partial charge in [-0.25, -0.2) is 8.42 Å².